The minimum absolute atomic E-state index is 0.0684. The van der Waals surface area contributed by atoms with Crippen molar-refractivity contribution < 1.29 is 29.3 Å². The lowest BCUT2D eigenvalue weighted by Crippen LogP contribution is -2.53. The van der Waals surface area contributed by atoms with Gasteiger partial charge in [0.05, 0.1) is 0 Å². The molecule has 2 atom stereocenters. The number of hydrogen-bond acceptors (Lipinski definition) is 6. The third-order valence-electron chi connectivity index (χ3n) is 5.01. The van der Waals surface area contributed by atoms with E-state index in [1.807, 2.05) is 0 Å². The number of aromatic hydroxyl groups is 2. The van der Waals surface area contributed by atoms with E-state index in [-0.39, 0.29) is 29.5 Å². The zero-order chi connectivity index (χ0) is 26.3. The Morgan fingerprint density at radius 3 is 2.11 bits per heavy atom. The van der Waals surface area contributed by atoms with Gasteiger partial charge in [0, 0.05) is 25.1 Å². The van der Waals surface area contributed by atoms with Crippen molar-refractivity contribution in [2.45, 2.75) is 64.8 Å². The number of carbonyl (C=O) groups excluding carboxylic acids is 3. The van der Waals surface area contributed by atoms with Gasteiger partial charge in [0.1, 0.15) is 29.2 Å². The maximum Gasteiger partial charge on any atom is 0.408 e. The predicted molar refractivity (Wildman–Crippen MR) is 132 cm³/mol. The van der Waals surface area contributed by atoms with E-state index in [4.69, 9.17) is 4.74 Å². The molecule has 2 rings (SSSR count). The summed E-state index contributed by atoms with van der Waals surface area (Å²) in [6.45, 7) is 8.71. The van der Waals surface area contributed by atoms with Gasteiger partial charge in [0.15, 0.2) is 0 Å². The number of phenolic OH excluding ortho intramolecular Hbond substituents is 2. The van der Waals surface area contributed by atoms with Gasteiger partial charge in [-0.3, -0.25) is 9.59 Å². The number of likely N-dealkylation sites (N-methyl/N-ethyl adjacent to an activating group) is 1. The fraction of sp³-hybridized carbons (Fsp3) is 0.423. The normalized spacial score (nSPS) is 13.0. The number of nitrogens with one attached hydrogen (secondary N) is 2. The van der Waals surface area contributed by atoms with Crippen LogP contribution in [0.1, 0.15) is 51.8 Å². The largest absolute Gasteiger partial charge is 0.508 e. The van der Waals surface area contributed by atoms with E-state index in [1.54, 1.807) is 65.0 Å². The third-order valence-corrected chi connectivity index (χ3v) is 5.01. The van der Waals surface area contributed by atoms with Gasteiger partial charge in [-0.2, -0.15) is 0 Å². The van der Waals surface area contributed by atoms with Crippen LogP contribution in [0.2, 0.25) is 0 Å². The van der Waals surface area contributed by atoms with Crippen LogP contribution < -0.4 is 10.6 Å². The minimum atomic E-state index is -1.14. The Hall–Kier alpha value is -3.75. The molecule has 0 aliphatic carbocycles. The number of carbonyl (C=O) groups is 3. The highest BCUT2D eigenvalue weighted by Gasteiger charge is 2.35. The molecule has 0 radical (unpaired) electrons. The highest BCUT2D eigenvalue weighted by molar-refractivity contribution is 5.92. The van der Waals surface area contributed by atoms with Crippen molar-refractivity contribution in [3.8, 4) is 11.5 Å². The molecule has 0 saturated carbocycles. The van der Waals surface area contributed by atoms with Gasteiger partial charge < -0.3 is 30.5 Å². The van der Waals surface area contributed by atoms with E-state index in [2.05, 4.69) is 10.6 Å². The molecular formula is C26H35N3O6. The van der Waals surface area contributed by atoms with Crippen molar-refractivity contribution in [1.29, 1.82) is 0 Å². The molecular weight excluding hydrogens is 450 g/mol. The summed E-state index contributed by atoms with van der Waals surface area (Å²) in [5.41, 5.74) is 0.149. The van der Waals surface area contributed by atoms with E-state index in [0.717, 1.165) is 0 Å². The monoisotopic (exact) mass is 485 g/mol. The van der Waals surface area contributed by atoms with Crippen LogP contribution >= 0.6 is 0 Å². The zero-order valence-electron chi connectivity index (χ0n) is 21.0. The summed E-state index contributed by atoms with van der Waals surface area (Å²) < 4.78 is 5.34. The summed E-state index contributed by atoms with van der Waals surface area (Å²) in [4.78, 5) is 40.6. The Bertz CT molecular complexity index is 1030. The second kappa shape index (κ2) is 11.6. The molecule has 0 fully saturated rings. The van der Waals surface area contributed by atoms with Crippen LogP contribution in [0.4, 0.5) is 4.79 Å². The average molecular weight is 486 g/mol. The first-order valence-corrected chi connectivity index (χ1v) is 11.4. The van der Waals surface area contributed by atoms with Crippen LogP contribution in [0.15, 0.2) is 48.5 Å². The van der Waals surface area contributed by atoms with Gasteiger partial charge in [0.25, 0.3) is 0 Å². The quantitative estimate of drug-likeness (QED) is 0.454. The number of alkyl carbamates (subject to hydrolysis) is 1. The SMILES string of the molecule is CC(C)NC(=O)C(c1ccccc1O)N(C)C(=O)C(Cc1ccc(O)cc1)NC(=O)OC(C)(C)C. The second-order valence-electron chi connectivity index (χ2n) is 9.64. The standard InChI is InChI=1S/C26H35N3O6/c1-16(2)27-23(32)22(19-9-7-8-10-21(19)31)29(6)24(33)20(28-25(34)35-26(3,4)5)15-17-11-13-18(30)14-12-17/h7-14,16,20,22,30-31H,15H2,1-6H3,(H,27,32)(H,28,34). The molecule has 9 heteroatoms. The van der Waals surface area contributed by atoms with E-state index in [9.17, 15) is 24.6 Å². The minimum Gasteiger partial charge on any atom is -0.508 e. The fourth-order valence-corrected chi connectivity index (χ4v) is 3.50. The maximum atomic E-state index is 13.7. The molecule has 0 saturated heterocycles. The van der Waals surface area contributed by atoms with Gasteiger partial charge in [-0.05, 0) is 58.4 Å². The number of nitrogens with zero attached hydrogens (tertiary/aromatic N) is 1. The van der Waals surface area contributed by atoms with Gasteiger partial charge >= 0.3 is 6.09 Å². The molecule has 0 bridgehead atoms. The maximum absolute atomic E-state index is 13.7. The van der Waals surface area contributed by atoms with Crippen LogP contribution in [0.3, 0.4) is 0 Å². The molecule has 0 heterocycles. The lowest BCUT2D eigenvalue weighted by atomic mass is 10.00. The molecule has 190 valence electrons. The Morgan fingerprint density at radius 2 is 1.57 bits per heavy atom. The summed E-state index contributed by atoms with van der Waals surface area (Å²) >= 11 is 0. The van der Waals surface area contributed by atoms with E-state index in [0.29, 0.717) is 5.56 Å². The van der Waals surface area contributed by atoms with Crippen molar-refractivity contribution in [3.63, 3.8) is 0 Å². The fourth-order valence-electron chi connectivity index (χ4n) is 3.50. The molecule has 35 heavy (non-hydrogen) atoms. The Kier molecular flexibility index (Phi) is 9.11. The second-order valence-corrected chi connectivity index (χ2v) is 9.64. The molecule has 4 N–H and O–H groups in total. The first-order valence-electron chi connectivity index (χ1n) is 11.4. The van der Waals surface area contributed by atoms with Gasteiger partial charge in [0.2, 0.25) is 11.8 Å². The van der Waals surface area contributed by atoms with Gasteiger partial charge in [-0.25, -0.2) is 4.79 Å². The van der Waals surface area contributed by atoms with Gasteiger partial charge in [-0.1, -0.05) is 30.3 Å². The van der Waals surface area contributed by atoms with Crippen LogP contribution in [0, 0.1) is 0 Å². The lowest BCUT2D eigenvalue weighted by molar-refractivity contribution is -0.141. The van der Waals surface area contributed by atoms with E-state index in [1.165, 1.54) is 30.1 Å². The van der Waals surface area contributed by atoms with Crippen LogP contribution in [-0.4, -0.2) is 57.8 Å². The Balaban J connectivity index is 2.42. The van der Waals surface area contributed by atoms with Crippen molar-refractivity contribution in [3.05, 3.63) is 59.7 Å². The molecule has 3 amide bonds. The average Bonchev–Trinajstić information content (AvgIpc) is 2.74. The molecule has 2 unspecified atom stereocenters. The number of benzene rings is 2. The third kappa shape index (κ3) is 8.20. The van der Waals surface area contributed by atoms with Crippen molar-refractivity contribution in [2.75, 3.05) is 7.05 Å². The summed E-state index contributed by atoms with van der Waals surface area (Å²) in [6.07, 6.45) is -0.698. The zero-order valence-corrected chi connectivity index (χ0v) is 21.0. The first-order chi connectivity index (χ1) is 16.3. The Morgan fingerprint density at radius 1 is 0.971 bits per heavy atom. The molecule has 0 aliphatic rings. The van der Waals surface area contributed by atoms with Crippen LogP contribution in [-0.2, 0) is 20.7 Å². The summed E-state index contributed by atoms with van der Waals surface area (Å²) in [7, 11) is 1.44. The van der Waals surface area contributed by atoms with Crippen LogP contribution in [0.25, 0.3) is 0 Å². The van der Waals surface area contributed by atoms with Crippen LogP contribution in [0.5, 0.6) is 11.5 Å². The smallest absolute Gasteiger partial charge is 0.408 e. The number of para-hydroxylation sites is 1. The summed E-state index contributed by atoms with van der Waals surface area (Å²) in [5.74, 6) is -1.10. The molecule has 0 aliphatic heterocycles. The molecule has 0 spiro atoms. The highest BCUT2D eigenvalue weighted by atomic mass is 16.6. The number of hydrogen-bond donors (Lipinski definition) is 4. The van der Waals surface area contributed by atoms with Gasteiger partial charge in [-0.15, -0.1) is 0 Å². The van der Waals surface area contributed by atoms with E-state index >= 15 is 0 Å². The molecule has 0 aromatic heterocycles. The lowest BCUT2D eigenvalue weighted by Gasteiger charge is -2.32. The number of phenols is 2. The summed E-state index contributed by atoms with van der Waals surface area (Å²) in [5, 5.41) is 25.4. The topological polar surface area (TPSA) is 128 Å². The predicted octanol–water partition coefficient (Wildman–Crippen LogP) is 3.26. The molecule has 9 nitrogen and oxygen atoms in total. The number of rotatable bonds is 8. The van der Waals surface area contributed by atoms with Crippen molar-refractivity contribution in [1.82, 2.24) is 15.5 Å². The van der Waals surface area contributed by atoms with E-state index < -0.39 is 35.6 Å². The number of ether oxygens (including phenoxy) is 1. The summed E-state index contributed by atoms with van der Waals surface area (Å²) in [6, 6.07) is 10.1. The molecule has 2 aromatic rings. The number of amides is 3. The Labute approximate surface area is 206 Å². The van der Waals surface area contributed by atoms with Crippen molar-refractivity contribution in [2.24, 2.45) is 0 Å². The van der Waals surface area contributed by atoms with Crippen molar-refractivity contribution >= 4 is 17.9 Å². The molecule has 2 aromatic carbocycles. The highest BCUT2D eigenvalue weighted by Crippen LogP contribution is 2.29. The first kappa shape index (κ1) is 27.5.